The number of hydrogen-bond donors (Lipinski definition) is 1. The van der Waals surface area contributed by atoms with E-state index < -0.39 is 5.97 Å². The molecule has 0 aliphatic rings. The van der Waals surface area contributed by atoms with Gasteiger partial charge in [0.1, 0.15) is 0 Å². The molecule has 0 atom stereocenters. The summed E-state index contributed by atoms with van der Waals surface area (Å²) in [6.45, 7) is 0. The summed E-state index contributed by atoms with van der Waals surface area (Å²) in [7, 11) is 4.03. The Balaban J connectivity index is 2.12. The maximum absolute atomic E-state index is 10.9. The fourth-order valence-electron chi connectivity index (χ4n) is 2.64. The van der Waals surface area contributed by atoms with Crippen LogP contribution in [0.4, 0.5) is 5.69 Å². The fraction of sp³-hybridized carbons (Fsp3) is 0.167. The Labute approximate surface area is 129 Å². The Morgan fingerprint density at radius 1 is 1.14 bits per heavy atom. The van der Waals surface area contributed by atoms with Crippen molar-refractivity contribution in [3.8, 4) is 11.3 Å². The van der Waals surface area contributed by atoms with Gasteiger partial charge in [0, 0.05) is 37.1 Å². The molecule has 0 aliphatic carbocycles. The standard InChI is InChI=1S/C18H18N2O2/c1-19(2)15-6-3-5-14(11-15)17-8-4-7-16-9-13(10-18(21)22)12-20(16)17/h3-9,11-12H,10H2,1-2H3,(H,21,22). The fourth-order valence-corrected chi connectivity index (χ4v) is 2.64. The third kappa shape index (κ3) is 2.68. The van der Waals surface area contributed by atoms with Gasteiger partial charge in [-0.05, 0) is 35.9 Å². The number of aliphatic carboxylic acids is 1. The van der Waals surface area contributed by atoms with Crippen molar-refractivity contribution in [1.29, 1.82) is 0 Å². The molecule has 0 saturated carbocycles. The van der Waals surface area contributed by atoms with Gasteiger partial charge in [-0.1, -0.05) is 18.2 Å². The number of carboxylic acid groups (broad SMARTS) is 1. The highest BCUT2D eigenvalue weighted by Gasteiger charge is 2.09. The molecule has 0 unspecified atom stereocenters. The average molecular weight is 294 g/mol. The van der Waals surface area contributed by atoms with Crippen molar-refractivity contribution in [2.45, 2.75) is 6.42 Å². The number of nitrogens with zero attached hydrogens (tertiary/aromatic N) is 2. The SMILES string of the molecule is CN(C)c1cccc(-c2cccc3cc(CC(=O)O)cn23)c1. The highest BCUT2D eigenvalue weighted by molar-refractivity contribution is 5.73. The number of fused-ring (bicyclic) bond motifs is 1. The molecule has 4 nitrogen and oxygen atoms in total. The van der Waals surface area contributed by atoms with E-state index in [1.165, 1.54) is 0 Å². The summed E-state index contributed by atoms with van der Waals surface area (Å²) in [6, 6.07) is 16.3. The quantitative estimate of drug-likeness (QED) is 0.803. The van der Waals surface area contributed by atoms with Crippen LogP contribution in [0.3, 0.4) is 0 Å². The lowest BCUT2D eigenvalue weighted by atomic mass is 10.1. The zero-order valence-corrected chi connectivity index (χ0v) is 12.7. The van der Waals surface area contributed by atoms with Crippen LogP contribution in [-0.2, 0) is 11.2 Å². The Morgan fingerprint density at radius 2 is 1.91 bits per heavy atom. The van der Waals surface area contributed by atoms with E-state index in [1.54, 1.807) is 0 Å². The van der Waals surface area contributed by atoms with E-state index in [4.69, 9.17) is 5.11 Å². The number of benzene rings is 1. The van der Waals surface area contributed by atoms with Crippen LogP contribution in [-0.4, -0.2) is 29.6 Å². The van der Waals surface area contributed by atoms with Gasteiger partial charge < -0.3 is 14.4 Å². The predicted molar refractivity (Wildman–Crippen MR) is 88.5 cm³/mol. The normalized spacial score (nSPS) is 10.8. The molecular formula is C18H18N2O2. The van der Waals surface area contributed by atoms with Crippen LogP contribution in [0.2, 0.25) is 0 Å². The summed E-state index contributed by atoms with van der Waals surface area (Å²) < 4.78 is 2.05. The largest absolute Gasteiger partial charge is 0.481 e. The molecule has 0 aliphatic heterocycles. The molecule has 0 saturated heterocycles. The van der Waals surface area contributed by atoms with Crippen LogP contribution in [0.25, 0.3) is 16.8 Å². The van der Waals surface area contributed by atoms with E-state index in [0.717, 1.165) is 28.0 Å². The van der Waals surface area contributed by atoms with Crippen LogP contribution in [0.1, 0.15) is 5.56 Å². The molecule has 0 amide bonds. The monoisotopic (exact) mass is 294 g/mol. The van der Waals surface area contributed by atoms with Crippen molar-refractivity contribution in [1.82, 2.24) is 4.40 Å². The highest BCUT2D eigenvalue weighted by atomic mass is 16.4. The molecular weight excluding hydrogens is 276 g/mol. The van der Waals surface area contributed by atoms with Gasteiger partial charge in [0.05, 0.1) is 12.1 Å². The average Bonchev–Trinajstić information content (AvgIpc) is 2.88. The second-order valence-corrected chi connectivity index (χ2v) is 5.57. The van der Waals surface area contributed by atoms with Crippen LogP contribution >= 0.6 is 0 Å². The molecule has 2 aromatic heterocycles. The maximum atomic E-state index is 10.9. The lowest BCUT2D eigenvalue weighted by Crippen LogP contribution is -2.08. The maximum Gasteiger partial charge on any atom is 0.307 e. The van der Waals surface area contributed by atoms with Crippen molar-refractivity contribution in [2.75, 3.05) is 19.0 Å². The molecule has 1 aromatic carbocycles. The number of pyridine rings is 1. The minimum Gasteiger partial charge on any atom is -0.481 e. The second kappa shape index (κ2) is 5.56. The molecule has 112 valence electrons. The molecule has 3 rings (SSSR count). The first kappa shape index (κ1) is 14.2. The Hall–Kier alpha value is -2.75. The van der Waals surface area contributed by atoms with Crippen molar-refractivity contribution in [3.05, 3.63) is 60.3 Å². The first-order chi connectivity index (χ1) is 10.5. The van der Waals surface area contributed by atoms with Crippen LogP contribution in [0.15, 0.2) is 54.7 Å². The smallest absolute Gasteiger partial charge is 0.307 e. The molecule has 0 spiro atoms. The topological polar surface area (TPSA) is 45.0 Å². The Bertz CT molecular complexity index is 834. The summed E-state index contributed by atoms with van der Waals surface area (Å²) in [5, 5.41) is 8.96. The summed E-state index contributed by atoms with van der Waals surface area (Å²) in [5.41, 5.74) is 5.10. The zero-order valence-electron chi connectivity index (χ0n) is 12.7. The zero-order chi connectivity index (χ0) is 15.7. The molecule has 0 fully saturated rings. The molecule has 1 N–H and O–H groups in total. The first-order valence-electron chi connectivity index (χ1n) is 7.14. The molecule has 2 heterocycles. The van der Waals surface area contributed by atoms with Gasteiger partial charge in [0.25, 0.3) is 0 Å². The van der Waals surface area contributed by atoms with Gasteiger partial charge in [-0.2, -0.15) is 0 Å². The van der Waals surface area contributed by atoms with Crippen LogP contribution in [0, 0.1) is 0 Å². The summed E-state index contributed by atoms with van der Waals surface area (Å²) in [6.07, 6.45) is 1.94. The minimum absolute atomic E-state index is 0.0405. The van der Waals surface area contributed by atoms with Crippen LogP contribution < -0.4 is 4.90 Å². The van der Waals surface area contributed by atoms with Crippen molar-refractivity contribution in [3.63, 3.8) is 0 Å². The lowest BCUT2D eigenvalue weighted by Gasteiger charge is -2.14. The van der Waals surface area contributed by atoms with E-state index in [9.17, 15) is 4.79 Å². The summed E-state index contributed by atoms with van der Waals surface area (Å²) in [5.74, 6) is -0.813. The first-order valence-corrected chi connectivity index (χ1v) is 7.14. The minimum atomic E-state index is -0.813. The van der Waals surface area contributed by atoms with E-state index in [2.05, 4.69) is 23.1 Å². The molecule has 0 bridgehead atoms. The van der Waals surface area contributed by atoms with Gasteiger partial charge >= 0.3 is 5.97 Å². The predicted octanol–water partition coefficient (Wildman–Crippen LogP) is 3.30. The number of rotatable bonds is 4. The second-order valence-electron chi connectivity index (χ2n) is 5.57. The molecule has 3 aromatic rings. The van der Waals surface area contributed by atoms with Gasteiger partial charge in [0.15, 0.2) is 0 Å². The third-order valence-electron chi connectivity index (χ3n) is 3.70. The van der Waals surface area contributed by atoms with Gasteiger partial charge in [0.2, 0.25) is 0 Å². The molecule has 0 radical (unpaired) electrons. The van der Waals surface area contributed by atoms with Crippen molar-refractivity contribution in [2.24, 2.45) is 0 Å². The van der Waals surface area contributed by atoms with E-state index in [0.29, 0.717) is 0 Å². The number of carbonyl (C=O) groups is 1. The number of aromatic nitrogens is 1. The highest BCUT2D eigenvalue weighted by Crippen LogP contribution is 2.26. The number of hydrogen-bond acceptors (Lipinski definition) is 2. The van der Waals surface area contributed by atoms with Gasteiger partial charge in [-0.15, -0.1) is 0 Å². The molecule has 22 heavy (non-hydrogen) atoms. The van der Waals surface area contributed by atoms with Crippen LogP contribution in [0.5, 0.6) is 0 Å². The van der Waals surface area contributed by atoms with Gasteiger partial charge in [-0.3, -0.25) is 4.79 Å². The number of carboxylic acids is 1. The van der Waals surface area contributed by atoms with E-state index in [1.807, 2.05) is 55.0 Å². The van der Waals surface area contributed by atoms with E-state index >= 15 is 0 Å². The van der Waals surface area contributed by atoms with Gasteiger partial charge in [-0.25, -0.2) is 0 Å². The van der Waals surface area contributed by atoms with E-state index in [-0.39, 0.29) is 6.42 Å². The lowest BCUT2D eigenvalue weighted by molar-refractivity contribution is -0.136. The summed E-state index contributed by atoms with van der Waals surface area (Å²) in [4.78, 5) is 13.0. The van der Waals surface area contributed by atoms with Crippen molar-refractivity contribution >= 4 is 17.2 Å². The Morgan fingerprint density at radius 3 is 2.64 bits per heavy atom. The van der Waals surface area contributed by atoms with Crippen molar-refractivity contribution < 1.29 is 9.90 Å². The Kier molecular flexibility index (Phi) is 3.59. The molecule has 4 heteroatoms. The number of anilines is 1. The third-order valence-corrected chi connectivity index (χ3v) is 3.70. The summed E-state index contributed by atoms with van der Waals surface area (Å²) >= 11 is 0.